The zero-order valence-electron chi connectivity index (χ0n) is 27.2. The predicted octanol–water partition coefficient (Wildman–Crippen LogP) is 9.93. The second-order valence-electron chi connectivity index (χ2n) is 11.8. The molecule has 7 nitrogen and oxygen atoms in total. The van der Waals surface area contributed by atoms with E-state index in [2.05, 4.69) is 36.9 Å². The van der Waals surface area contributed by atoms with Gasteiger partial charge in [-0.3, -0.25) is 4.89 Å². The summed E-state index contributed by atoms with van der Waals surface area (Å²) in [5, 5.41) is 3.37. The lowest BCUT2D eigenvalue weighted by Crippen LogP contribution is -2.36. The topological polar surface area (TPSA) is 78.1 Å². The zero-order chi connectivity index (χ0) is 31.6. The summed E-state index contributed by atoms with van der Waals surface area (Å²) in [6, 6.07) is 12.2. The van der Waals surface area contributed by atoms with Crippen molar-refractivity contribution in [3.63, 3.8) is 0 Å². The normalized spacial score (nSPS) is 12.7. The fourth-order valence-electron chi connectivity index (χ4n) is 5.17. The molecule has 1 atom stereocenters. The Hall–Kier alpha value is -2.54. The maximum absolute atomic E-state index is 13.0. The van der Waals surface area contributed by atoms with Crippen LogP contribution in [-0.2, 0) is 17.5 Å². The number of aromatic nitrogens is 1. The van der Waals surface area contributed by atoms with Gasteiger partial charge in [0.25, 0.3) is 0 Å². The van der Waals surface area contributed by atoms with Gasteiger partial charge in [0.15, 0.2) is 24.2 Å². The number of hydrogen-bond acceptors (Lipinski definition) is 6. The lowest BCUT2D eigenvalue weighted by atomic mass is 10.1. The average Bonchev–Trinajstić information content (AvgIpc) is 3.40. The third-order valence-electron chi connectivity index (χ3n) is 7.44. The van der Waals surface area contributed by atoms with Crippen molar-refractivity contribution in [2.24, 2.45) is 5.92 Å². The van der Waals surface area contributed by atoms with E-state index in [0.29, 0.717) is 24.8 Å². The number of nitrogens with zero attached hydrogens (tertiary/aromatic N) is 1. The molecule has 0 spiro atoms. The van der Waals surface area contributed by atoms with Gasteiger partial charge < -0.3 is 18.5 Å². The summed E-state index contributed by atoms with van der Waals surface area (Å²) in [6.45, 7) is 7.85. The van der Waals surface area contributed by atoms with Crippen molar-refractivity contribution in [3.05, 3.63) is 64.6 Å². The Balaban J connectivity index is 1.45. The Morgan fingerprint density at radius 3 is 2.16 bits per heavy atom. The third kappa shape index (κ3) is 13.2. The molecule has 0 fully saturated rings. The molecule has 0 radical (unpaired) electrons. The number of thiazole rings is 1. The standard InChI is InChI=1S/C35H52NO6PS/c1-5-6-7-8-9-10-11-12-13-14-15-16-24-40-32-21-18-22-33(35(32)39-4)42-43(37,38)41-31-20-17-19-30(27-31)28-36-23-25-44-34(36)26-29(2)3/h17-23,25,27,29H,5-16,24,26,28H2,1-4H3/p+1. The minimum Gasteiger partial charge on any atom is -0.490 e. The fourth-order valence-corrected chi connectivity index (χ4v) is 7.03. The van der Waals surface area contributed by atoms with Gasteiger partial charge in [-0.2, -0.15) is 4.57 Å². The van der Waals surface area contributed by atoms with E-state index in [1.54, 1.807) is 41.7 Å². The van der Waals surface area contributed by atoms with Crippen LogP contribution in [-0.4, -0.2) is 18.6 Å². The molecule has 0 aliphatic heterocycles. The van der Waals surface area contributed by atoms with Gasteiger partial charge in [0.05, 0.1) is 19.1 Å². The minimum absolute atomic E-state index is 0.0915. The number of phosphoric acid groups is 1. The highest BCUT2D eigenvalue weighted by Gasteiger charge is 2.28. The number of rotatable bonds is 23. The van der Waals surface area contributed by atoms with Crippen LogP contribution in [0.15, 0.2) is 54.0 Å². The van der Waals surface area contributed by atoms with Gasteiger partial charge >= 0.3 is 7.82 Å². The first-order valence-electron chi connectivity index (χ1n) is 16.4. The van der Waals surface area contributed by atoms with Gasteiger partial charge in [-0.25, -0.2) is 4.57 Å². The van der Waals surface area contributed by atoms with Crippen molar-refractivity contribution in [3.8, 4) is 23.0 Å². The van der Waals surface area contributed by atoms with Crippen molar-refractivity contribution >= 4 is 19.2 Å². The number of unbranched alkanes of at least 4 members (excludes halogenated alkanes) is 11. The Morgan fingerprint density at radius 2 is 1.50 bits per heavy atom. The van der Waals surface area contributed by atoms with E-state index in [0.717, 1.165) is 24.8 Å². The van der Waals surface area contributed by atoms with Crippen LogP contribution in [0.1, 0.15) is 108 Å². The van der Waals surface area contributed by atoms with Crippen LogP contribution in [0.25, 0.3) is 0 Å². The molecule has 1 unspecified atom stereocenters. The summed E-state index contributed by atoms with van der Waals surface area (Å²) in [4.78, 5) is 10.6. The molecule has 0 saturated heterocycles. The second-order valence-corrected chi connectivity index (χ2v) is 14.1. The minimum atomic E-state index is -4.52. The lowest BCUT2D eigenvalue weighted by Gasteiger charge is -2.18. The summed E-state index contributed by atoms with van der Waals surface area (Å²) < 4.78 is 37.7. The SMILES string of the molecule is CCCCCCCCCCCCCCOc1cccc(OP(=O)(O)Oc2cccc(C[n+]3ccsc3CC(C)C)c2)c1OC. The van der Waals surface area contributed by atoms with Crippen LogP contribution < -0.4 is 23.1 Å². The number of methoxy groups -OCH3 is 1. The molecule has 0 aliphatic carbocycles. The van der Waals surface area contributed by atoms with Gasteiger partial charge in [-0.15, -0.1) is 0 Å². The van der Waals surface area contributed by atoms with Crippen molar-refractivity contribution in [2.45, 2.75) is 111 Å². The van der Waals surface area contributed by atoms with Gasteiger partial charge in [0.1, 0.15) is 5.75 Å². The van der Waals surface area contributed by atoms with Crippen LogP contribution >= 0.6 is 19.2 Å². The summed E-state index contributed by atoms with van der Waals surface area (Å²) in [5.74, 6) is 1.65. The number of benzene rings is 2. The average molecular weight is 647 g/mol. The summed E-state index contributed by atoms with van der Waals surface area (Å²) >= 11 is 1.74. The maximum atomic E-state index is 13.0. The molecule has 1 N–H and O–H groups in total. The Morgan fingerprint density at radius 1 is 0.864 bits per heavy atom. The predicted molar refractivity (Wildman–Crippen MR) is 179 cm³/mol. The van der Waals surface area contributed by atoms with E-state index in [1.165, 1.54) is 76.3 Å². The molecule has 244 valence electrons. The van der Waals surface area contributed by atoms with Crippen LogP contribution in [0.5, 0.6) is 23.0 Å². The largest absolute Gasteiger partial charge is 0.585 e. The number of hydrogen-bond donors (Lipinski definition) is 1. The Kier molecular flexibility index (Phi) is 16.1. The monoisotopic (exact) mass is 646 g/mol. The van der Waals surface area contributed by atoms with Crippen molar-refractivity contribution < 1.29 is 32.5 Å². The molecular formula is C35H53NO6PS+. The van der Waals surface area contributed by atoms with Gasteiger partial charge in [-0.1, -0.05) is 121 Å². The number of ether oxygens (including phenoxy) is 2. The highest BCUT2D eigenvalue weighted by Crippen LogP contribution is 2.49. The van der Waals surface area contributed by atoms with Gasteiger partial charge in [-0.05, 0) is 36.6 Å². The number of para-hydroxylation sites is 1. The van der Waals surface area contributed by atoms with Gasteiger partial charge in [0, 0.05) is 12.0 Å². The first-order valence-corrected chi connectivity index (χ1v) is 18.7. The molecule has 1 heterocycles. The summed E-state index contributed by atoms with van der Waals surface area (Å²) in [7, 11) is -3.03. The molecule has 0 saturated carbocycles. The fraction of sp³-hybridized carbons (Fsp3) is 0.571. The first kappa shape index (κ1) is 35.9. The van der Waals surface area contributed by atoms with E-state index in [-0.39, 0.29) is 17.2 Å². The molecule has 1 aromatic heterocycles. The quantitative estimate of drug-likeness (QED) is 0.0628. The summed E-state index contributed by atoms with van der Waals surface area (Å²) in [6.07, 6.45) is 18.4. The molecule has 9 heteroatoms. The molecule has 0 bridgehead atoms. The van der Waals surface area contributed by atoms with Crippen LogP contribution in [0.2, 0.25) is 0 Å². The van der Waals surface area contributed by atoms with Gasteiger partial charge in [0.2, 0.25) is 10.8 Å². The lowest BCUT2D eigenvalue weighted by molar-refractivity contribution is -0.690. The molecular weight excluding hydrogens is 593 g/mol. The Labute approximate surface area is 269 Å². The van der Waals surface area contributed by atoms with E-state index < -0.39 is 7.82 Å². The third-order valence-corrected chi connectivity index (χ3v) is 9.24. The smallest absolute Gasteiger partial charge is 0.490 e. The van der Waals surface area contributed by atoms with E-state index in [1.807, 2.05) is 12.1 Å². The molecule has 2 aromatic carbocycles. The van der Waals surface area contributed by atoms with Crippen LogP contribution in [0.4, 0.5) is 0 Å². The van der Waals surface area contributed by atoms with E-state index in [4.69, 9.17) is 18.5 Å². The van der Waals surface area contributed by atoms with E-state index in [9.17, 15) is 9.46 Å². The highest BCUT2D eigenvalue weighted by atomic mass is 32.1. The molecule has 3 aromatic rings. The van der Waals surface area contributed by atoms with Crippen LogP contribution in [0.3, 0.4) is 0 Å². The Bertz CT molecular complexity index is 1280. The maximum Gasteiger partial charge on any atom is 0.585 e. The van der Waals surface area contributed by atoms with E-state index >= 15 is 0 Å². The zero-order valence-corrected chi connectivity index (χ0v) is 28.9. The molecule has 0 amide bonds. The van der Waals surface area contributed by atoms with Crippen LogP contribution in [0, 0.1) is 5.92 Å². The molecule has 0 aliphatic rings. The summed E-state index contributed by atoms with van der Waals surface area (Å²) in [5.41, 5.74) is 0.960. The molecule has 3 rings (SSSR count). The van der Waals surface area contributed by atoms with Crippen molar-refractivity contribution in [1.82, 2.24) is 0 Å². The highest BCUT2D eigenvalue weighted by molar-refractivity contribution is 7.48. The van der Waals surface area contributed by atoms with Crippen molar-refractivity contribution in [2.75, 3.05) is 13.7 Å². The number of phosphoric ester groups is 1. The molecule has 44 heavy (non-hydrogen) atoms. The van der Waals surface area contributed by atoms with Crippen molar-refractivity contribution in [1.29, 1.82) is 0 Å². The second kappa shape index (κ2) is 19.8. The first-order chi connectivity index (χ1) is 21.3.